The lowest BCUT2D eigenvalue weighted by Crippen LogP contribution is -2.35. The maximum atomic E-state index is 11.5. The van der Waals surface area contributed by atoms with Gasteiger partial charge in [-0.2, -0.15) is 0 Å². The van der Waals surface area contributed by atoms with Crippen molar-refractivity contribution in [2.24, 2.45) is 0 Å². The van der Waals surface area contributed by atoms with Gasteiger partial charge in [0, 0.05) is 6.04 Å². The third kappa shape index (κ3) is 2.34. The molecule has 17 heavy (non-hydrogen) atoms. The number of hydrogen-bond donors (Lipinski definition) is 1. The van der Waals surface area contributed by atoms with Crippen molar-refractivity contribution in [2.45, 2.75) is 38.8 Å². The number of carbonyl (C=O) groups is 1. The van der Waals surface area contributed by atoms with Crippen molar-refractivity contribution < 1.29 is 9.90 Å². The van der Waals surface area contributed by atoms with E-state index in [4.69, 9.17) is 0 Å². The Balaban J connectivity index is 2.31. The molecule has 1 heterocycles. The van der Waals surface area contributed by atoms with E-state index in [9.17, 15) is 9.90 Å². The van der Waals surface area contributed by atoms with Crippen LogP contribution in [0.5, 0.6) is 0 Å². The normalized spacial score (nSPS) is 17.4. The molecule has 1 fully saturated rings. The first-order valence-corrected chi connectivity index (χ1v) is 6.17. The Labute approximate surface area is 101 Å². The highest BCUT2D eigenvalue weighted by atomic mass is 16.4. The van der Waals surface area contributed by atoms with Crippen molar-refractivity contribution in [1.29, 1.82) is 0 Å². The van der Waals surface area contributed by atoms with E-state index in [-0.39, 0.29) is 0 Å². The van der Waals surface area contributed by atoms with Crippen molar-refractivity contribution >= 4 is 5.97 Å². The molecule has 0 spiro atoms. The van der Waals surface area contributed by atoms with Crippen molar-refractivity contribution in [1.82, 2.24) is 14.5 Å². The Kier molecular flexibility index (Phi) is 3.47. The minimum atomic E-state index is -0.795. The SMILES string of the molecule is CCN(CC)C(C(=O)O)c1cncn1C1CC1. The second-order valence-electron chi connectivity index (χ2n) is 4.42. The highest BCUT2D eigenvalue weighted by Crippen LogP contribution is 2.37. The molecule has 1 aliphatic carbocycles. The van der Waals surface area contributed by atoms with Gasteiger partial charge in [-0.1, -0.05) is 13.8 Å². The van der Waals surface area contributed by atoms with Gasteiger partial charge in [-0.25, -0.2) is 4.98 Å². The average Bonchev–Trinajstić information content (AvgIpc) is 3.05. The van der Waals surface area contributed by atoms with Crippen LogP contribution < -0.4 is 0 Å². The topological polar surface area (TPSA) is 58.4 Å². The number of carboxylic acid groups (broad SMARTS) is 1. The van der Waals surface area contributed by atoms with Gasteiger partial charge in [0.25, 0.3) is 0 Å². The van der Waals surface area contributed by atoms with Crippen molar-refractivity contribution in [3.63, 3.8) is 0 Å². The zero-order valence-corrected chi connectivity index (χ0v) is 10.3. The first-order chi connectivity index (χ1) is 8.19. The number of likely N-dealkylation sites (N-methyl/N-ethyl adjacent to an activating group) is 1. The first-order valence-electron chi connectivity index (χ1n) is 6.17. The molecule has 1 N–H and O–H groups in total. The van der Waals surface area contributed by atoms with Crippen LogP contribution in [0.4, 0.5) is 0 Å². The molecule has 0 saturated heterocycles. The fraction of sp³-hybridized carbons (Fsp3) is 0.667. The van der Waals surface area contributed by atoms with Gasteiger partial charge in [0.05, 0.1) is 18.2 Å². The molecule has 0 bridgehead atoms. The summed E-state index contributed by atoms with van der Waals surface area (Å²) in [4.78, 5) is 17.5. The average molecular weight is 237 g/mol. The van der Waals surface area contributed by atoms with E-state index in [1.54, 1.807) is 12.5 Å². The second kappa shape index (κ2) is 4.87. The molecule has 0 amide bonds. The third-order valence-corrected chi connectivity index (χ3v) is 3.33. The molecule has 5 heteroatoms. The predicted octanol–water partition coefficient (Wildman–Crippen LogP) is 1.69. The van der Waals surface area contributed by atoms with E-state index >= 15 is 0 Å². The molecule has 1 aliphatic rings. The maximum Gasteiger partial charge on any atom is 0.327 e. The molecule has 1 aromatic heterocycles. The largest absolute Gasteiger partial charge is 0.480 e. The lowest BCUT2D eigenvalue weighted by Gasteiger charge is -2.26. The van der Waals surface area contributed by atoms with Crippen LogP contribution in [0.1, 0.15) is 44.5 Å². The fourth-order valence-corrected chi connectivity index (χ4v) is 2.24. The van der Waals surface area contributed by atoms with E-state index in [1.165, 1.54) is 0 Å². The number of nitrogens with zero attached hydrogens (tertiary/aromatic N) is 3. The summed E-state index contributed by atoms with van der Waals surface area (Å²) in [5.41, 5.74) is 0.809. The van der Waals surface area contributed by atoms with Gasteiger partial charge in [0.2, 0.25) is 0 Å². The van der Waals surface area contributed by atoms with E-state index in [2.05, 4.69) is 4.98 Å². The van der Waals surface area contributed by atoms with Crippen LogP contribution in [0.2, 0.25) is 0 Å². The van der Waals surface area contributed by atoms with Gasteiger partial charge in [0.15, 0.2) is 6.04 Å². The molecule has 0 radical (unpaired) electrons. The molecule has 2 rings (SSSR count). The van der Waals surface area contributed by atoms with E-state index in [0.29, 0.717) is 6.04 Å². The standard InChI is InChI=1S/C12H19N3O2/c1-3-14(4-2)11(12(16)17)10-7-13-8-15(10)9-5-6-9/h7-9,11H,3-6H2,1-2H3,(H,16,17). The van der Waals surface area contributed by atoms with Gasteiger partial charge in [-0.15, -0.1) is 0 Å². The van der Waals surface area contributed by atoms with Crippen molar-refractivity contribution in [3.8, 4) is 0 Å². The number of aliphatic carboxylic acids is 1. The first kappa shape index (κ1) is 12.1. The van der Waals surface area contributed by atoms with Crippen LogP contribution in [-0.4, -0.2) is 38.6 Å². The minimum Gasteiger partial charge on any atom is -0.480 e. The summed E-state index contributed by atoms with van der Waals surface area (Å²) in [5, 5.41) is 9.42. The molecule has 94 valence electrons. The zero-order valence-electron chi connectivity index (χ0n) is 10.3. The minimum absolute atomic E-state index is 0.463. The molecule has 1 unspecified atom stereocenters. The molecule has 1 aromatic rings. The van der Waals surface area contributed by atoms with Crippen LogP contribution >= 0.6 is 0 Å². The summed E-state index contributed by atoms with van der Waals surface area (Å²) in [6, 6.07) is -0.113. The van der Waals surface area contributed by atoms with Crippen LogP contribution in [0, 0.1) is 0 Å². The lowest BCUT2D eigenvalue weighted by atomic mass is 10.2. The van der Waals surface area contributed by atoms with Crippen molar-refractivity contribution in [3.05, 3.63) is 18.2 Å². The Morgan fingerprint density at radius 1 is 1.59 bits per heavy atom. The number of aromatic nitrogens is 2. The van der Waals surface area contributed by atoms with Crippen LogP contribution in [0.15, 0.2) is 12.5 Å². The Morgan fingerprint density at radius 2 is 2.24 bits per heavy atom. The molecule has 5 nitrogen and oxygen atoms in total. The Hall–Kier alpha value is -1.36. The summed E-state index contributed by atoms with van der Waals surface area (Å²) in [7, 11) is 0. The van der Waals surface area contributed by atoms with E-state index in [0.717, 1.165) is 31.6 Å². The van der Waals surface area contributed by atoms with Crippen LogP contribution in [0.25, 0.3) is 0 Å². The summed E-state index contributed by atoms with van der Waals surface area (Å²) in [5.74, 6) is -0.795. The maximum absolute atomic E-state index is 11.5. The number of imidazole rings is 1. The molecule has 0 aromatic carbocycles. The predicted molar refractivity (Wildman–Crippen MR) is 63.8 cm³/mol. The van der Waals surface area contributed by atoms with E-state index < -0.39 is 12.0 Å². The molecule has 1 saturated carbocycles. The molecule has 0 aliphatic heterocycles. The molecular weight excluding hydrogens is 218 g/mol. The van der Waals surface area contributed by atoms with Gasteiger partial charge in [-0.05, 0) is 25.9 Å². The Morgan fingerprint density at radius 3 is 2.71 bits per heavy atom. The van der Waals surface area contributed by atoms with E-state index in [1.807, 2.05) is 23.3 Å². The van der Waals surface area contributed by atoms with Crippen LogP contribution in [-0.2, 0) is 4.79 Å². The number of rotatable bonds is 6. The van der Waals surface area contributed by atoms with Gasteiger partial charge < -0.3 is 9.67 Å². The van der Waals surface area contributed by atoms with Crippen molar-refractivity contribution in [2.75, 3.05) is 13.1 Å². The van der Waals surface area contributed by atoms with Crippen LogP contribution in [0.3, 0.4) is 0 Å². The highest BCUT2D eigenvalue weighted by molar-refractivity contribution is 5.75. The van der Waals surface area contributed by atoms with Gasteiger partial charge in [-0.3, -0.25) is 9.69 Å². The molecular formula is C12H19N3O2. The third-order valence-electron chi connectivity index (χ3n) is 3.33. The summed E-state index contributed by atoms with van der Waals surface area (Å²) in [6.45, 7) is 5.42. The second-order valence-corrected chi connectivity index (χ2v) is 4.42. The summed E-state index contributed by atoms with van der Waals surface area (Å²) < 4.78 is 2.02. The number of carboxylic acids is 1. The summed E-state index contributed by atoms with van der Waals surface area (Å²) >= 11 is 0. The Bertz CT molecular complexity index is 394. The van der Waals surface area contributed by atoms with Gasteiger partial charge in [0.1, 0.15) is 0 Å². The number of hydrogen-bond acceptors (Lipinski definition) is 3. The smallest absolute Gasteiger partial charge is 0.327 e. The van der Waals surface area contributed by atoms with Gasteiger partial charge >= 0.3 is 5.97 Å². The molecule has 1 atom stereocenters. The zero-order chi connectivity index (χ0) is 12.4. The monoisotopic (exact) mass is 237 g/mol. The summed E-state index contributed by atoms with van der Waals surface area (Å²) in [6.07, 6.45) is 5.71. The lowest BCUT2D eigenvalue weighted by molar-refractivity contribution is -0.143. The highest BCUT2D eigenvalue weighted by Gasteiger charge is 2.33. The quantitative estimate of drug-likeness (QED) is 0.818. The fourth-order valence-electron chi connectivity index (χ4n) is 2.24.